The van der Waals surface area contributed by atoms with Gasteiger partial charge >= 0.3 is 0 Å². The molecule has 0 atom stereocenters. The summed E-state index contributed by atoms with van der Waals surface area (Å²) < 4.78 is 38.3. The van der Waals surface area contributed by atoms with E-state index in [1.54, 1.807) is 18.2 Å². The Morgan fingerprint density at radius 3 is 2.60 bits per heavy atom. The van der Waals surface area contributed by atoms with Crippen molar-refractivity contribution in [3.05, 3.63) is 48.3 Å². The monoisotopic (exact) mass is 434 g/mol. The highest BCUT2D eigenvalue weighted by Crippen LogP contribution is 2.31. The molecule has 0 bridgehead atoms. The van der Waals surface area contributed by atoms with E-state index >= 15 is 0 Å². The van der Waals surface area contributed by atoms with Crippen LogP contribution in [0.4, 0.5) is 0 Å². The second-order valence-corrected chi connectivity index (χ2v) is 8.14. The van der Waals surface area contributed by atoms with Crippen molar-refractivity contribution in [3.8, 4) is 11.5 Å². The lowest BCUT2D eigenvalue weighted by Crippen LogP contribution is -2.42. The topological polar surface area (TPSA) is 136 Å². The molecule has 2 amide bonds. The van der Waals surface area contributed by atoms with Crippen molar-refractivity contribution in [3.63, 3.8) is 0 Å². The molecule has 0 saturated carbocycles. The van der Waals surface area contributed by atoms with Gasteiger partial charge in [0.25, 0.3) is 5.91 Å². The third-order valence-corrected chi connectivity index (χ3v) is 5.57. The molecule has 0 unspecified atom stereocenters. The van der Waals surface area contributed by atoms with Crippen LogP contribution in [-0.2, 0) is 14.8 Å². The van der Waals surface area contributed by atoms with Crippen molar-refractivity contribution in [2.75, 3.05) is 19.8 Å². The highest BCUT2D eigenvalue weighted by Gasteiger charge is 2.18. The van der Waals surface area contributed by atoms with Crippen LogP contribution >= 0.6 is 0 Å². The molecule has 1 aromatic carbocycles. The molecule has 0 radical (unpaired) electrons. The fraction of sp³-hybridized carbons (Fsp3) is 0.316. The van der Waals surface area contributed by atoms with Crippen molar-refractivity contribution in [2.24, 2.45) is 0 Å². The number of carbonyl (C=O) groups is 2. The first-order valence-corrected chi connectivity index (χ1v) is 10.8. The molecule has 2 heterocycles. The maximum Gasteiger partial charge on any atom is 0.288 e. The maximum absolute atomic E-state index is 12.4. The predicted molar refractivity (Wildman–Crippen MR) is 106 cm³/mol. The summed E-state index contributed by atoms with van der Waals surface area (Å²) in [6, 6.07) is 9.25. The summed E-state index contributed by atoms with van der Waals surface area (Å²) in [4.78, 5) is 27.5. The van der Waals surface area contributed by atoms with Crippen molar-refractivity contribution in [1.82, 2.24) is 20.6 Å². The summed E-state index contributed by atoms with van der Waals surface area (Å²) in [5.41, 5.74) is 4.68. The average molecular weight is 434 g/mol. The number of amides is 2. The molecule has 0 aliphatic carbocycles. The van der Waals surface area contributed by atoms with E-state index in [1.165, 1.54) is 24.4 Å². The van der Waals surface area contributed by atoms with Gasteiger partial charge in [-0.25, -0.2) is 13.1 Å². The van der Waals surface area contributed by atoms with E-state index in [0.717, 1.165) is 6.42 Å². The Hall–Kier alpha value is -3.18. The van der Waals surface area contributed by atoms with Gasteiger partial charge < -0.3 is 9.47 Å². The van der Waals surface area contributed by atoms with Crippen LogP contribution in [0, 0.1) is 0 Å². The van der Waals surface area contributed by atoms with Gasteiger partial charge in [0.05, 0.1) is 18.1 Å². The number of nitrogens with zero attached hydrogens (tertiary/aromatic N) is 1. The van der Waals surface area contributed by atoms with Crippen molar-refractivity contribution in [2.45, 2.75) is 24.2 Å². The van der Waals surface area contributed by atoms with Crippen molar-refractivity contribution in [1.29, 1.82) is 0 Å². The fourth-order valence-electron chi connectivity index (χ4n) is 2.60. The first kappa shape index (κ1) is 21.5. The predicted octanol–water partition coefficient (Wildman–Crippen LogP) is 0.763. The van der Waals surface area contributed by atoms with Gasteiger partial charge in [0.1, 0.15) is 5.69 Å². The molecule has 2 aromatic rings. The zero-order valence-corrected chi connectivity index (χ0v) is 16.9. The number of ether oxygens (including phenoxy) is 2. The Kier molecular flexibility index (Phi) is 7.20. The van der Waals surface area contributed by atoms with Crippen molar-refractivity contribution < 1.29 is 27.5 Å². The third-order valence-electron chi connectivity index (χ3n) is 4.11. The molecule has 0 saturated heterocycles. The highest BCUT2D eigenvalue weighted by atomic mass is 32.2. The minimum Gasteiger partial charge on any atom is -0.490 e. The number of hydrogen-bond acceptors (Lipinski definition) is 7. The molecule has 1 aliphatic heterocycles. The molecule has 0 spiro atoms. The quantitative estimate of drug-likeness (QED) is 0.432. The maximum atomic E-state index is 12.4. The van der Waals surface area contributed by atoms with E-state index in [-0.39, 0.29) is 30.0 Å². The molecule has 160 valence electrons. The van der Waals surface area contributed by atoms with Crippen LogP contribution in [0.15, 0.2) is 47.5 Å². The van der Waals surface area contributed by atoms with Crippen LogP contribution < -0.4 is 25.0 Å². The lowest BCUT2D eigenvalue weighted by molar-refractivity contribution is -0.121. The summed E-state index contributed by atoms with van der Waals surface area (Å²) in [6.07, 6.45) is 2.45. The zero-order chi connectivity index (χ0) is 21.4. The van der Waals surface area contributed by atoms with Gasteiger partial charge in [0, 0.05) is 31.6 Å². The normalized spacial score (nSPS) is 13.2. The summed E-state index contributed by atoms with van der Waals surface area (Å²) in [6.45, 7) is 1.02. The first-order valence-electron chi connectivity index (χ1n) is 9.35. The lowest BCUT2D eigenvalue weighted by Gasteiger charge is -2.11. The van der Waals surface area contributed by atoms with Crippen LogP contribution in [-0.4, -0.2) is 45.0 Å². The minimum atomic E-state index is -3.76. The Morgan fingerprint density at radius 2 is 1.83 bits per heavy atom. The molecule has 1 aromatic heterocycles. The Labute approximate surface area is 174 Å². The fourth-order valence-corrected chi connectivity index (χ4v) is 3.69. The number of hydrazine groups is 1. The number of benzene rings is 1. The molecule has 3 N–H and O–H groups in total. The van der Waals surface area contributed by atoms with Crippen LogP contribution in [0.1, 0.15) is 29.8 Å². The van der Waals surface area contributed by atoms with E-state index in [0.29, 0.717) is 24.7 Å². The number of rotatable bonds is 7. The van der Waals surface area contributed by atoms with E-state index in [4.69, 9.17) is 9.47 Å². The second kappa shape index (κ2) is 10.0. The minimum absolute atomic E-state index is 0.0200. The molecule has 1 aliphatic rings. The van der Waals surface area contributed by atoms with Gasteiger partial charge in [-0.2, -0.15) is 0 Å². The van der Waals surface area contributed by atoms with Gasteiger partial charge in [-0.3, -0.25) is 25.4 Å². The van der Waals surface area contributed by atoms with Gasteiger partial charge in [-0.05, 0) is 30.7 Å². The molecule has 10 nitrogen and oxygen atoms in total. The number of hydrogen-bond donors (Lipinski definition) is 3. The van der Waals surface area contributed by atoms with Gasteiger partial charge in [-0.15, -0.1) is 0 Å². The van der Waals surface area contributed by atoms with Crippen LogP contribution in [0.25, 0.3) is 0 Å². The van der Waals surface area contributed by atoms with E-state index < -0.39 is 21.8 Å². The van der Waals surface area contributed by atoms with Gasteiger partial charge in [0.2, 0.25) is 15.9 Å². The van der Waals surface area contributed by atoms with Crippen LogP contribution in [0.5, 0.6) is 11.5 Å². The number of carbonyl (C=O) groups excluding carboxylic acids is 2. The molecule has 0 fully saturated rings. The molecular weight excluding hydrogens is 412 g/mol. The first-order chi connectivity index (χ1) is 14.5. The SMILES string of the molecule is O=C(CCCNS(=O)(=O)c1ccc2c(c1)OCCCO2)NNC(=O)c1ccccn1. The van der Waals surface area contributed by atoms with Crippen LogP contribution in [0.3, 0.4) is 0 Å². The Bertz CT molecular complexity index is 997. The third kappa shape index (κ3) is 5.91. The largest absolute Gasteiger partial charge is 0.490 e. The average Bonchev–Trinajstić information content (AvgIpc) is 3.00. The summed E-state index contributed by atoms with van der Waals surface area (Å²) in [7, 11) is -3.76. The number of pyridine rings is 1. The van der Waals surface area contributed by atoms with Gasteiger partial charge in [0.15, 0.2) is 11.5 Å². The zero-order valence-electron chi connectivity index (χ0n) is 16.1. The number of fused-ring (bicyclic) bond motifs is 1. The smallest absolute Gasteiger partial charge is 0.288 e. The molecule has 3 rings (SSSR count). The van der Waals surface area contributed by atoms with E-state index in [9.17, 15) is 18.0 Å². The number of nitrogens with one attached hydrogen (secondary N) is 3. The molecular formula is C19H22N4O6S. The Balaban J connectivity index is 1.42. The number of sulfonamides is 1. The summed E-state index contributed by atoms with van der Waals surface area (Å²) >= 11 is 0. The van der Waals surface area contributed by atoms with E-state index in [2.05, 4.69) is 20.6 Å². The summed E-state index contributed by atoms with van der Waals surface area (Å²) in [5.74, 6) is -0.0950. The number of aromatic nitrogens is 1. The van der Waals surface area contributed by atoms with E-state index in [1.807, 2.05) is 0 Å². The lowest BCUT2D eigenvalue weighted by atomic mass is 10.3. The molecule has 30 heavy (non-hydrogen) atoms. The standard InChI is InChI=1S/C19H22N4O6S/c24-18(22-23-19(25)15-5-1-2-9-20-15)6-3-10-21-30(26,27)14-7-8-16-17(13-14)29-12-4-11-28-16/h1-2,5,7-9,13,21H,3-4,6,10-12H2,(H,22,24)(H,23,25). The van der Waals surface area contributed by atoms with Crippen LogP contribution in [0.2, 0.25) is 0 Å². The summed E-state index contributed by atoms with van der Waals surface area (Å²) in [5, 5.41) is 0. The Morgan fingerprint density at radius 1 is 1.03 bits per heavy atom. The molecule has 11 heteroatoms. The van der Waals surface area contributed by atoms with Gasteiger partial charge in [-0.1, -0.05) is 6.07 Å². The second-order valence-electron chi connectivity index (χ2n) is 6.38. The van der Waals surface area contributed by atoms with Crippen molar-refractivity contribution >= 4 is 21.8 Å². The highest BCUT2D eigenvalue weighted by molar-refractivity contribution is 7.89.